The Kier molecular flexibility index (Phi) is 3.92. The summed E-state index contributed by atoms with van der Waals surface area (Å²) >= 11 is 0. The molecule has 2 aliphatic heterocycles. The molecule has 4 heteroatoms. The summed E-state index contributed by atoms with van der Waals surface area (Å²) in [5.41, 5.74) is 8.50. The second kappa shape index (κ2) is 5.83. The molecule has 2 aliphatic rings. The summed E-state index contributed by atoms with van der Waals surface area (Å²) in [6.07, 6.45) is 4.12. The largest absolute Gasteiger partial charge is 0.362 e. The van der Waals surface area contributed by atoms with Crippen molar-refractivity contribution >= 4 is 11.6 Å². The molecule has 0 saturated carbocycles. The lowest BCUT2D eigenvalue weighted by Gasteiger charge is -2.35. The maximum absolute atomic E-state index is 12.4. The van der Waals surface area contributed by atoms with E-state index in [1.165, 1.54) is 11.3 Å². The summed E-state index contributed by atoms with van der Waals surface area (Å²) < 4.78 is 0. The van der Waals surface area contributed by atoms with Gasteiger partial charge in [-0.25, -0.2) is 0 Å². The number of carbonyl (C=O) groups excluding carboxylic acids is 1. The van der Waals surface area contributed by atoms with Crippen LogP contribution in [0.2, 0.25) is 0 Å². The minimum atomic E-state index is 0.244. The van der Waals surface area contributed by atoms with Crippen molar-refractivity contribution in [3.63, 3.8) is 0 Å². The van der Waals surface area contributed by atoms with Gasteiger partial charge in [-0.1, -0.05) is 18.2 Å². The molecule has 2 N–H and O–H groups in total. The lowest BCUT2D eigenvalue weighted by molar-refractivity contribution is -0.130. The fraction of sp³-hybridized carbons (Fsp3) is 0.562. The number of para-hydroxylation sites is 1. The van der Waals surface area contributed by atoms with Gasteiger partial charge in [-0.05, 0) is 37.3 Å². The number of aryl methyl sites for hydroxylation is 1. The number of rotatable bonds is 2. The highest BCUT2D eigenvalue weighted by atomic mass is 16.2. The Morgan fingerprint density at radius 2 is 1.95 bits per heavy atom. The van der Waals surface area contributed by atoms with Gasteiger partial charge in [0.25, 0.3) is 0 Å². The number of carbonyl (C=O) groups is 1. The molecule has 4 nitrogen and oxygen atoms in total. The van der Waals surface area contributed by atoms with Gasteiger partial charge in [0.15, 0.2) is 0 Å². The Morgan fingerprint density at radius 3 is 2.75 bits per heavy atom. The molecule has 1 amide bonds. The number of fused-ring (bicyclic) bond motifs is 1. The number of anilines is 1. The van der Waals surface area contributed by atoms with E-state index in [9.17, 15) is 4.79 Å². The number of hydrogen-bond donors (Lipinski definition) is 1. The molecule has 1 aromatic carbocycles. The first-order valence-corrected chi connectivity index (χ1v) is 7.60. The molecule has 0 bridgehead atoms. The lowest BCUT2D eigenvalue weighted by atomic mass is 10.0. The molecule has 1 aromatic rings. The molecular weight excluding hydrogens is 250 g/mol. The van der Waals surface area contributed by atoms with Crippen molar-refractivity contribution < 1.29 is 4.79 Å². The van der Waals surface area contributed by atoms with E-state index in [0.717, 1.165) is 45.3 Å². The highest BCUT2D eigenvalue weighted by molar-refractivity contribution is 5.82. The number of piperidine rings is 1. The quantitative estimate of drug-likeness (QED) is 0.886. The van der Waals surface area contributed by atoms with Crippen LogP contribution in [-0.2, 0) is 11.2 Å². The second-order valence-electron chi connectivity index (χ2n) is 5.87. The normalized spacial score (nSPS) is 19.9. The first-order chi connectivity index (χ1) is 9.74. The summed E-state index contributed by atoms with van der Waals surface area (Å²) in [6, 6.07) is 8.71. The van der Waals surface area contributed by atoms with E-state index in [1.54, 1.807) is 0 Å². The van der Waals surface area contributed by atoms with Gasteiger partial charge in [0.05, 0.1) is 6.54 Å². The van der Waals surface area contributed by atoms with Crippen LogP contribution < -0.4 is 10.6 Å². The predicted molar refractivity (Wildman–Crippen MR) is 80.8 cm³/mol. The predicted octanol–water partition coefficient (Wildman–Crippen LogP) is 1.39. The minimum absolute atomic E-state index is 0.244. The molecule has 108 valence electrons. The molecule has 2 heterocycles. The molecule has 0 spiro atoms. The molecule has 0 aromatic heterocycles. The third-order valence-corrected chi connectivity index (χ3v) is 4.42. The number of nitrogens with two attached hydrogens (primary N) is 1. The molecule has 0 atom stereocenters. The average molecular weight is 273 g/mol. The Balaban J connectivity index is 1.65. The Morgan fingerprint density at radius 1 is 1.20 bits per heavy atom. The maximum Gasteiger partial charge on any atom is 0.242 e. The summed E-state index contributed by atoms with van der Waals surface area (Å²) in [4.78, 5) is 16.6. The molecule has 3 rings (SSSR count). The molecular formula is C16H23N3O. The van der Waals surface area contributed by atoms with Gasteiger partial charge in [-0.15, -0.1) is 0 Å². The van der Waals surface area contributed by atoms with Crippen molar-refractivity contribution in [3.05, 3.63) is 29.8 Å². The van der Waals surface area contributed by atoms with Gasteiger partial charge >= 0.3 is 0 Å². The lowest BCUT2D eigenvalue weighted by Crippen LogP contribution is -2.47. The van der Waals surface area contributed by atoms with Crippen molar-refractivity contribution in [2.45, 2.75) is 31.7 Å². The van der Waals surface area contributed by atoms with E-state index in [1.807, 2.05) is 4.90 Å². The number of amides is 1. The van der Waals surface area contributed by atoms with Crippen molar-refractivity contribution in [2.24, 2.45) is 5.73 Å². The summed E-state index contributed by atoms with van der Waals surface area (Å²) in [6.45, 7) is 3.12. The zero-order valence-corrected chi connectivity index (χ0v) is 11.9. The van der Waals surface area contributed by atoms with Gasteiger partial charge in [-0.3, -0.25) is 4.79 Å². The summed E-state index contributed by atoms with van der Waals surface area (Å²) in [7, 11) is 0. The fourth-order valence-electron chi connectivity index (χ4n) is 3.19. The number of nitrogens with zero attached hydrogens (tertiary/aromatic N) is 2. The standard InChI is InChI=1S/C16H23N3O/c17-14-7-10-18(11-8-14)16(20)12-19-9-3-5-13-4-1-2-6-15(13)19/h1-2,4,6,14H,3,5,7-12,17H2. The zero-order chi connectivity index (χ0) is 13.9. The Hall–Kier alpha value is -1.55. The van der Waals surface area contributed by atoms with Crippen LogP contribution >= 0.6 is 0 Å². The van der Waals surface area contributed by atoms with Crippen LogP contribution in [0.15, 0.2) is 24.3 Å². The summed E-state index contributed by atoms with van der Waals surface area (Å²) in [5, 5.41) is 0. The van der Waals surface area contributed by atoms with Crippen LogP contribution in [0.4, 0.5) is 5.69 Å². The highest BCUT2D eigenvalue weighted by Crippen LogP contribution is 2.26. The van der Waals surface area contributed by atoms with Crippen LogP contribution in [-0.4, -0.2) is 43.0 Å². The van der Waals surface area contributed by atoms with E-state index in [0.29, 0.717) is 6.54 Å². The van der Waals surface area contributed by atoms with E-state index in [2.05, 4.69) is 29.2 Å². The fourth-order valence-corrected chi connectivity index (χ4v) is 3.19. The molecule has 20 heavy (non-hydrogen) atoms. The van der Waals surface area contributed by atoms with Crippen molar-refractivity contribution in [1.82, 2.24) is 4.90 Å². The van der Waals surface area contributed by atoms with E-state index >= 15 is 0 Å². The SMILES string of the molecule is NC1CCN(C(=O)CN2CCCc3ccccc32)CC1. The van der Waals surface area contributed by atoms with Gasteiger partial charge < -0.3 is 15.5 Å². The van der Waals surface area contributed by atoms with Crippen molar-refractivity contribution in [2.75, 3.05) is 31.1 Å². The molecule has 0 radical (unpaired) electrons. The average Bonchev–Trinajstić information content (AvgIpc) is 2.48. The topological polar surface area (TPSA) is 49.6 Å². The van der Waals surface area contributed by atoms with Crippen LogP contribution in [0.1, 0.15) is 24.8 Å². The smallest absolute Gasteiger partial charge is 0.242 e. The van der Waals surface area contributed by atoms with Crippen LogP contribution in [0.3, 0.4) is 0 Å². The van der Waals surface area contributed by atoms with Crippen LogP contribution in [0.25, 0.3) is 0 Å². The molecule has 0 unspecified atom stereocenters. The Labute approximate surface area is 120 Å². The number of hydrogen-bond acceptors (Lipinski definition) is 3. The van der Waals surface area contributed by atoms with Crippen LogP contribution in [0, 0.1) is 0 Å². The van der Waals surface area contributed by atoms with Crippen molar-refractivity contribution in [3.8, 4) is 0 Å². The Bertz CT molecular complexity index is 480. The number of benzene rings is 1. The monoisotopic (exact) mass is 273 g/mol. The maximum atomic E-state index is 12.4. The third-order valence-electron chi connectivity index (χ3n) is 4.42. The molecule has 0 aliphatic carbocycles. The number of likely N-dealkylation sites (tertiary alicyclic amines) is 1. The summed E-state index contributed by atoms with van der Waals surface area (Å²) in [5.74, 6) is 0.244. The molecule has 1 fully saturated rings. The van der Waals surface area contributed by atoms with Gasteiger partial charge in [0.1, 0.15) is 0 Å². The molecule has 1 saturated heterocycles. The third kappa shape index (κ3) is 2.80. The van der Waals surface area contributed by atoms with Gasteiger partial charge in [-0.2, -0.15) is 0 Å². The second-order valence-corrected chi connectivity index (χ2v) is 5.87. The van der Waals surface area contributed by atoms with E-state index < -0.39 is 0 Å². The van der Waals surface area contributed by atoms with Crippen molar-refractivity contribution in [1.29, 1.82) is 0 Å². The van der Waals surface area contributed by atoms with Gasteiger partial charge in [0.2, 0.25) is 5.91 Å². The zero-order valence-electron chi connectivity index (χ0n) is 11.9. The highest BCUT2D eigenvalue weighted by Gasteiger charge is 2.24. The van der Waals surface area contributed by atoms with Crippen LogP contribution in [0.5, 0.6) is 0 Å². The minimum Gasteiger partial charge on any atom is -0.362 e. The first kappa shape index (κ1) is 13.4. The van der Waals surface area contributed by atoms with E-state index in [-0.39, 0.29) is 11.9 Å². The first-order valence-electron chi connectivity index (χ1n) is 7.60. The van der Waals surface area contributed by atoms with E-state index in [4.69, 9.17) is 5.73 Å². The van der Waals surface area contributed by atoms with Gasteiger partial charge in [0, 0.05) is 31.4 Å².